The number of carbonyl (C=O) groups excluding carboxylic acids is 6. The number of hydrogen-bond acceptors (Lipinski definition) is 9. The van der Waals surface area contributed by atoms with Crippen molar-refractivity contribution in [3.63, 3.8) is 0 Å². The summed E-state index contributed by atoms with van der Waals surface area (Å²) in [7, 11) is 0. The molecule has 1 aromatic heterocycles. The van der Waals surface area contributed by atoms with Crippen LogP contribution in [0.5, 0.6) is 0 Å². The summed E-state index contributed by atoms with van der Waals surface area (Å²) >= 11 is 1.45. The van der Waals surface area contributed by atoms with E-state index in [2.05, 4.69) is 59.5 Å². The number of carbonyl (C=O) groups is 6. The summed E-state index contributed by atoms with van der Waals surface area (Å²) in [5, 5.41) is 15.7. The Morgan fingerprint density at radius 3 is 2.49 bits per heavy atom. The highest BCUT2D eigenvalue weighted by Crippen LogP contribution is 2.46. The smallest absolute Gasteiger partial charge is 0.263 e. The molecular formula is C44H44N6O6S. The van der Waals surface area contributed by atoms with Gasteiger partial charge in [0, 0.05) is 70.1 Å². The number of aryl methyl sites for hydroxylation is 1. The number of H-pyrrole nitrogens is 1. The first-order valence-electron chi connectivity index (χ1n) is 19.7. The Hall–Kier alpha value is -5.74. The van der Waals surface area contributed by atoms with E-state index in [1.54, 1.807) is 30.3 Å². The van der Waals surface area contributed by atoms with Gasteiger partial charge in [-0.05, 0) is 91.8 Å². The molecule has 3 aliphatic heterocycles. The number of rotatable bonds is 10. The van der Waals surface area contributed by atoms with Crippen LogP contribution in [0.4, 0.5) is 5.69 Å². The Balaban J connectivity index is 0.844. The van der Waals surface area contributed by atoms with Gasteiger partial charge < -0.3 is 15.2 Å². The predicted octanol–water partition coefficient (Wildman–Crippen LogP) is 5.92. The maximum Gasteiger partial charge on any atom is 0.263 e. The van der Waals surface area contributed by atoms with Crippen molar-refractivity contribution in [2.24, 2.45) is 0 Å². The van der Waals surface area contributed by atoms with Crippen LogP contribution in [-0.2, 0) is 26.2 Å². The summed E-state index contributed by atoms with van der Waals surface area (Å²) < 4.78 is 0. The third kappa shape index (κ3) is 6.69. The number of amides is 5. The molecule has 3 N–H and O–H groups in total. The van der Waals surface area contributed by atoms with Gasteiger partial charge in [-0.15, -0.1) is 11.8 Å². The first-order chi connectivity index (χ1) is 27.4. The average Bonchev–Trinajstić information content (AvgIpc) is 3.72. The van der Waals surface area contributed by atoms with Crippen LogP contribution in [0.25, 0.3) is 10.9 Å². The van der Waals surface area contributed by atoms with Gasteiger partial charge in [-0.2, -0.15) is 5.26 Å². The molecule has 0 bridgehead atoms. The van der Waals surface area contributed by atoms with E-state index in [-0.39, 0.29) is 36.1 Å². The number of ketones is 1. The lowest BCUT2D eigenvalue weighted by Crippen LogP contribution is -2.54. The Kier molecular flexibility index (Phi) is 10.0. The zero-order valence-electron chi connectivity index (χ0n) is 32.3. The molecule has 0 spiro atoms. The topological polar surface area (TPSA) is 173 Å². The van der Waals surface area contributed by atoms with E-state index < -0.39 is 35.1 Å². The SMILES string of the molecule is CCc1cc2c(cc1N1CCC(NC(=O)CCCCSc3cccc4c3C(=O)N(C3CCC(=O)NC3=O)C4=O)CC1)C(C)(C)c1[nH]c3cc(C#N)ccc3c1C2=O. The number of nitrogens with one attached hydrogen (secondary N) is 3. The Labute approximate surface area is 334 Å². The van der Waals surface area contributed by atoms with Gasteiger partial charge >= 0.3 is 0 Å². The number of aromatic amines is 1. The zero-order chi connectivity index (χ0) is 40.2. The maximum atomic E-state index is 14.1. The summed E-state index contributed by atoms with van der Waals surface area (Å²) in [5.74, 6) is -1.42. The summed E-state index contributed by atoms with van der Waals surface area (Å²) in [5.41, 5.74) is 6.94. The molecule has 1 atom stereocenters. The lowest BCUT2D eigenvalue weighted by molar-refractivity contribution is -0.136. The van der Waals surface area contributed by atoms with Crippen LogP contribution in [0.3, 0.4) is 0 Å². The molecule has 4 heterocycles. The van der Waals surface area contributed by atoms with Crippen LogP contribution in [-0.4, -0.2) is 76.1 Å². The van der Waals surface area contributed by atoms with Gasteiger partial charge in [0.2, 0.25) is 17.7 Å². The van der Waals surface area contributed by atoms with Gasteiger partial charge in [-0.25, -0.2) is 0 Å². The normalized spacial score (nSPS) is 19.0. The number of aromatic nitrogens is 1. The molecule has 1 unspecified atom stereocenters. The molecule has 0 radical (unpaired) electrons. The minimum absolute atomic E-state index is 0.00471. The minimum Gasteiger partial charge on any atom is -0.371 e. The van der Waals surface area contributed by atoms with Gasteiger partial charge in [0.1, 0.15) is 6.04 Å². The van der Waals surface area contributed by atoms with E-state index in [1.807, 2.05) is 6.07 Å². The summed E-state index contributed by atoms with van der Waals surface area (Å²) in [6.45, 7) is 7.95. The second-order valence-corrected chi connectivity index (χ2v) is 17.0. The van der Waals surface area contributed by atoms with Crippen LogP contribution in [0.1, 0.15) is 125 Å². The molecule has 57 heavy (non-hydrogen) atoms. The third-order valence-electron chi connectivity index (χ3n) is 12.0. The van der Waals surface area contributed by atoms with E-state index >= 15 is 0 Å². The van der Waals surface area contributed by atoms with Crippen molar-refractivity contribution in [2.75, 3.05) is 23.7 Å². The Morgan fingerprint density at radius 1 is 0.965 bits per heavy atom. The van der Waals surface area contributed by atoms with E-state index in [0.717, 1.165) is 82.6 Å². The Bertz CT molecular complexity index is 2440. The van der Waals surface area contributed by atoms with Crippen molar-refractivity contribution in [3.8, 4) is 6.07 Å². The number of imide groups is 2. The molecule has 12 nitrogen and oxygen atoms in total. The fourth-order valence-electron chi connectivity index (χ4n) is 8.90. The fourth-order valence-corrected chi connectivity index (χ4v) is 9.98. The zero-order valence-corrected chi connectivity index (χ0v) is 33.1. The second-order valence-electron chi connectivity index (χ2n) is 15.8. The number of benzene rings is 3. The molecule has 1 aliphatic carbocycles. The van der Waals surface area contributed by atoms with Crippen LogP contribution in [0, 0.1) is 11.3 Å². The Morgan fingerprint density at radius 2 is 1.75 bits per heavy atom. The summed E-state index contributed by atoms with van der Waals surface area (Å²) in [4.78, 5) is 85.2. The number of hydrogen-bond donors (Lipinski definition) is 3. The number of nitrogens with zero attached hydrogens (tertiary/aromatic N) is 3. The van der Waals surface area contributed by atoms with Crippen LogP contribution in [0.2, 0.25) is 0 Å². The number of unbranched alkanes of at least 4 members (excludes halogenated alkanes) is 1. The number of nitriles is 1. The summed E-state index contributed by atoms with van der Waals surface area (Å²) in [6.07, 6.45) is 4.35. The van der Waals surface area contributed by atoms with Gasteiger partial charge in [0.15, 0.2) is 5.78 Å². The molecule has 3 aromatic carbocycles. The van der Waals surface area contributed by atoms with Crippen LogP contribution >= 0.6 is 11.8 Å². The summed E-state index contributed by atoms with van der Waals surface area (Å²) in [6, 6.07) is 16.1. The van der Waals surface area contributed by atoms with E-state index in [4.69, 9.17) is 0 Å². The molecule has 2 fully saturated rings. The molecule has 4 aromatic rings. The molecule has 5 amide bonds. The quantitative estimate of drug-likeness (QED) is 0.100. The number of piperidine rings is 2. The molecule has 292 valence electrons. The highest BCUT2D eigenvalue weighted by atomic mass is 32.2. The highest BCUT2D eigenvalue weighted by Gasteiger charge is 2.46. The predicted molar refractivity (Wildman–Crippen MR) is 215 cm³/mol. The van der Waals surface area contributed by atoms with Crippen LogP contribution in [0.15, 0.2) is 53.4 Å². The minimum atomic E-state index is -1.01. The number of fused-ring (bicyclic) bond motifs is 5. The molecule has 13 heteroatoms. The van der Waals surface area contributed by atoms with Crippen molar-refractivity contribution < 1.29 is 28.8 Å². The van der Waals surface area contributed by atoms with E-state index in [1.165, 1.54) is 11.8 Å². The lowest BCUT2D eigenvalue weighted by atomic mass is 9.70. The van der Waals surface area contributed by atoms with Gasteiger partial charge in [0.25, 0.3) is 11.8 Å². The standard InChI is InChI=1S/C44H44N6O6S/c1-4-25-21-29-30(44(2,3)40-38(39(29)53)27-12-11-24(23-45)20-31(27)47-40)22-33(25)49-17-15-26(16-18-49)46-35(51)10-5-6-19-57-34-9-7-8-28-37(34)43(56)50(42(28)55)32-13-14-36(52)48-41(32)54/h7-9,11-12,20-22,26,32,47H,4-6,10,13-19H2,1-3H3,(H,46,51)(H,48,52,54). The lowest BCUT2D eigenvalue weighted by Gasteiger charge is -2.38. The number of thioether (sulfide) groups is 1. The molecular weight excluding hydrogens is 741 g/mol. The highest BCUT2D eigenvalue weighted by molar-refractivity contribution is 7.99. The van der Waals surface area contributed by atoms with Crippen molar-refractivity contribution in [1.29, 1.82) is 5.26 Å². The van der Waals surface area contributed by atoms with Crippen molar-refractivity contribution >= 4 is 63.7 Å². The van der Waals surface area contributed by atoms with Gasteiger partial charge in [-0.3, -0.25) is 39.0 Å². The van der Waals surface area contributed by atoms with Crippen LogP contribution < -0.4 is 15.5 Å². The molecule has 2 saturated heterocycles. The third-order valence-corrected chi connectivity index (χ3v) is 13.1. The number of anilines is 1. The van der Waals surface area contributed by atoms with E-state index in [0.29, 0.717) is 40.2 Å². The first-order valence-corrected chi connectivity index (χ1v) is 20.7. The largest absolute Gasteiger partial charge is 0.371 e. The van der Waals surface area contributed by atoms with Gasteiger partial charge in [0.05, 0.1) is 28.3 Å². The molecule has 8 rings (SSSR count). The first kappa shape index (κ1) is 38.1. The molecule has 0 saturated carbocycles. The average molecular weight is 785 g/mol. The monoisotopic (exact) mass is 784 g/mol. The van der Waals surface area contributed by atoms with E-state index in [9.17, 15) is 34.0 Å². The second kappa shape index (κ2) is 15.0. The van der Waals surface area contributed by atoms with Gasteiger partial charge in [-0.1, -0.05) is 32.9 Å². The fraction of sp³-hybridized carbons (Fsp3) is 0.386. The van der Waals surface area contributed by atoms with Crippen molar-refractivity contribution in [2.45, 2.75) is 94.5 Å². The van der Waals surface area contributed by atoms with Crippen molar-refractivity contribution in [3.05, 3.63) is 93.2 Å². The maximum absolute atomic E-state index is 14.1. The van der Waals surface area contributed by atoms with Crippen molar-refractivity contribution in [1.82, 2.24) is 20.5 Å². The molecule has 4 aliphatic rings.